The molecule has 2 unspecified atom stereocenters. The van der Waals surface area contributed by atoms with Crippen molar-refractivity contribution in [2.24, 2.45) is 11.7 Å². The first-order chi connectivity index (χ1) is 9.20. The summed E-state index contributed by atoms with van der Waals surface area (Å²) in [4.78, 5) is 14.5. The van der Waals surface area contributed by atoms with E-state index in [0.29, 0.717) is 6.54 Å². The molecule has 0 heterocycles. The molecule has 3 nitrogen and oxygen atoms in total. The number of amides is 1. The largest absolute Gasteiger partial charge is 0.338 e. The fraction of sp³-hybridized carbons (Fsp3) is 0.562. The van der Waals surface area contributed by atoms with E-state index in [1.165, 1.54) is 5.56 Å². The van der Waals surface area contributed by atoms with Crippen LogP contribution in [0.1, 0.15) is 38.2 Å². The van der Waals surface area contributed by atoms with E-state index in [1.807, 2.05) is 30.0 Å². The summed E-state index contributed by atoms with van der Waals surface area (Å²) in [7, 11) is 0. The average molecular weight is 260 g/mol. The highest BCUT2D eigenvalue weighted by Gasteiger charge is 2.28. The zero-order valence-corrected chi connectivity index (χ0v) is 11.7. The Bertz CT molecular complexity index is 404. The van der Waals surface area contributed by atoms with E-state index in [1.54, 1.807) is 0 Å². The maximum atomic E-state index is 12.5. The fourth-order valence-corrected chi connectivity index (χ4v) is 2.86. The van der Waals surface area contributed by atoms with Crippen molar-refractivity contribution in [3.05, 3.63) is 35.9 Å². The minimum atomic E-state index is 0.132. The van der Waals surface area contributed by atoms with Gasteiger partial charge in [0, 0.05) is 25.0 Å². The van der Waals surface area contributed by atoms with Gasteiger partial charge in [-0.1, -0.05) is 36.8 Å². The third-order valence-corrected chi connectivity index (χ3v) is 3.97. The van der Waals surface area contributed by atoms with Crippen LogP contribution in [-0.2, 0) is 11.3 Å². The van der Waals surface area contributed by atoms with Crippen molar-refractivity contribution in [3.63, 3.8) is 0 Å². The lowest BCUT2D eigenvalue weighted by Crippen LogP contribution is -2.40. The van der Waals surface area contributed by atoms with Crippen LogP contribution < -0.4 is 5.73 Å². The SMILES string of the molecule is CCN(Cc1ccccc1)C(=O)C1CCCC(N)C1. The number of benzene rings is 1. The molecule has 19 heavy (non-hydrogen) atoms. The van der Waals surface area contributed by atoms with Gasteiger partial charge in [0.05, 0.1) is 0 Å². The minimum absolute atomic E-state index is 0.132. The van der Waals surface area contributed by atoms with Crippen LogP contribution in [0.4, 0.5) is 0 Å². The monoisotopic (exact) mass is 260 g/mol. The topological polar surface area (TPSA) is 46.3 Å². The van der Waals surface area contributed by atoms with E-state index < -0.39 is 0 Å². The summed E-state index contributed by atoms with van der Waals surface area (Å²) < 4.78 is 0. The summed E-state index contributed by atoms with van der Waals surface area (Å²) in [6.07, 6.45) is 4.00. The summed E-state index contributed by atoms with van der Waals surface area (Å²) in [6.45, 7) is 3.52. The molecule has 0 radical (unpaired) electrons. The lowest BCUT2D eigenvalue weighted by Gasteiger charge is -2.31. The second-order valence-corrected chi connectivity index (χ2v) is 5.46. The van der Waals surface area contributed by atoms with Crippen molar-refractivity contribution in [2.45, 2.75) is 45.2 Å². The highest BCUT2D eigenvalue weighted by atomic mass is 16.2. The van der Waals surface area contributed by atoms with Gasteiger partial charge in [0.2, 0.25) is 5.91 Å². The van der Waals surface area contributed by atoms with Gasteiger partial charge in [-0.2, -0.15) is 0 Å². The van der Waals surface area contributed by atoms with Crippen molar-refractivity contribution in [1.29, 1.82) is 0 Å². The van der Waals surface area contributed by atoms with Crippen molar-refractivity contribution >= 4 is 5.91 Å². The molecule has 1 aromatic carbocycles. The summed E-state index contributed by atoms with van der Waals surface area (Å²) >= 11 is 0. The molecular formula is C16H24N2O. The van der Waals surface area contributed by atoms with Crippen LogP contribution in [0.2, 0.25) is 0 Å². The van der Waals surface area contributed by atoms with Gasteiger partial charge in [-0.25, -0.2) is 0 Å². The predicted octanol–water partition coefficient (Wildman–Crippen LogP) is 2.55. The third kappa shape index (κ3) is 3.80. The molecule has 0 saturated heterocycles. The zero-order valence-electron chi connectivity index (χ0n) is 11.7. The molecule has 2 atom stereocenters. The molecular weight excluding hydrogens is 236 g/mol. The van der Waals surface area contributed by atoms with Crippen LogP contribution in [0.15, 0.2) is 30.3 Å². The normalized spacial score (nSPS) is 23.1. The van der Waals surface area contributed by atoms with E-state index in [2.05, 4.69) is 12.1 Å². The molecule has 1 aromatic rings. The number of nitrogens with two attached hydrogens (primary N) is 1. The molecule has 1 amide bonds. The fourth-order valence-electron chi connectivity index (χ4n) is 2.86. The van der Waals surface area contributed by atoms with Crippen LogP contribution in [0.3, 0.4) is 0 Å². The summed E-state index contributed by atoms with van der Waals surface area (Å²) in [5, 5.41) is 0. The molecule has 1 aliphatic carbocycles. The number of hydrogen-bond donors (Lipinski definition) is 1. The predicted molar refractivity (Wildman–Crippen MR) is 77.5 cm³/mol. The van der Waals surface area contributed by atoms with E-state index in [4.69, 9.17) is 5.73 Å². The van der Waals surface area contributed by atoms with Crippen LogP contribution >= 0.6 is 0 Å². The molecule has 0 aromatic heterocycles. The Hall–Kier alpha value is -1.35. The average Bonchev–Trinajstić information content (AvgIpc) is 2.45. The first-order valence-electron chi connectivity index (χ1n) is 7.29. The highest BCUT2D eigenvalue weighted by molar-refractivity contribution is 5.79. The van der Waals surface area contributed by atoms with E-state index in [-0.39, 0.29) is 17.9 Å². The molecule has 2 N–H and O–H groups in total. The first-order valence-corrected chi connectivity index (χ1v) is 7.29. The van der Waals surface area contributed by atoms with E-state index in [0.717, 1.165) is 32.2 Å². The lowest BCUT2D eigenvalue weighted by atomic mass is 9.85. The second-order valence-electron chi connectivity index (χ2n) is 5.46. The van der Waals surface area contributed by atoms with Gasteiger partial charge in [-0.05, 0) is 31.7 Å². The highest BCUT2D eigenvalue weighted by Crippen LogP contribution is 2.25. The zero-order chi connectivity index (χ0) is 13.7. The summed E-state index contributed by atoms with van der Waals surface area (Å²) in [5.41, 5.74) is 7.18. The van der Waals surface area contributed by atoms with Gasteiger partial charge in [0.1, 0.15) is 0 Å². The molecule has 2 rings (SSSR count). The van der Waals surface area contributed by atoms with Gasteiger partial charge in [-0.15, -0.1) is 0 Å². The Labute approximate surface area is 115 Å². The molecule has 1 aliphatic rings. The maximum absolute atomic E-state index is 12.5. The van der Waals surface area contributed by atoms with Crippen molar-refractivity contribution < 1.29 is 4.79 Å². The second kappa shape index (κ2) is 6.71. The number of rotatable bonds is 4. The first kappa shape index (κ1) is 14.1. The van der Waals surface area contributed by atoms with Crippen LogP contribution in [-0.4, -0.2) is 23.4 Å². The minimum Gasteiger partial charge on any atom is -0.338 e. The number of carbonyl (C=O) groups is 1. The molecule has 1 fully saturated rings. The van der Waals surface area contributed by atoms with E-state index in [9.17, 15) is 4.79 Å². The molecule has 1 saturated carbocycles. The Balaban J connectivity index is 1.98. The third-order valence-electron chi connectivity index (χ3n) is 3.97. The Morgan fingerprint density at radius 3 is 2.68 bits per heavy atom. The molecule has 0 spiro atoms. The van der Waals surface area contributed by atoms with Crippen molar-refractivity contribution in [2.75, 3.05) is 6.54 Å². The molecule has 3 heteroatoms. The molecule has 104 valence electrons. The lowest BCUT2D eigenvalue weighted by molar-refractivity contribution is -0.137. The number of nitrogens with zero attached hydrogens (tertiary/aromatic N) is 1. The van der Waals surface area contributed by atoms with Gasteiger partial charge < -0.3 is 10.6 Å². The van der Waals surface area contributed by atoms with Gasteiger partial charge >= 0.3 is 0 Å². The van der Waals surface area contributed by atoms with Crippen LogP contribution in [0, 0.1) is 5.92 Å². The maximum Gasteiger partial charge on any atom is 0.226 e. The van der Waals surface area contributed by atoms with E-state index >= 15 is 0 Å². The van der Waals surface area contributed by atoms with Crippen molar-refractivity contribution in [1.82, 2.24) is 4.90 Å². The van der Waals surface area contributed by atoms with Gasteiger partial charge in [-0.3, -0.25) is 4.79 Å². The Kier molecular flexibility index (Phi) is 4.97. The number of hydrogen-bond acceptors (Lipinski definition) is 2. The smallest absolute Gasteiger partial charge is 0.226 e. The van der Waals surface area contributed by atoms with Gasteiger partial charge in [0.25, 0.3) is 0 Å². The van der Waals surface area contributed by atoms with Crippen LogP contribution in [0.5, 0.6) is 0 Å². The standard InChI is InChI=1S/C16H24N2O/c1-2-18(12-13-7-4-3-5-8-13)16(19)14-9-6-10-15(17)11-14/h3-5,7-8,14-15H,2,6,9-12,17H2,1H3. The van der Waals surface area contributed by atoms with Crippen LogP contribution in [0.25, 0.3) is 0 Å². The summed E-state index contributed by atoms with van der Waals surface area (Å²) in [5.74, 6) is 0.411. The molecule has 0 aliphatic heterocycles. The van der Waals surface area contributed by atoms with Crippen molar-refractivity contribution in [3.8, 4) is 0 Å². The molecule has 0 bridgehead atoms. The van der Waals surface area contributed by atoms with Gasteiger partial charge in [0.15, 0.2) is 0 Å². The quantitative estimate of drug-likeness (QED) is 0.904. The summed E-state index contributed by atoms with van der Waals surface area (Å²) in [6, 6.07) is 10.4. The number of carbonyl (C=O) groups excluding carboxylic acids is 1. The Morgan fingerprint density at radius 1 is 1.32 bits per heavy atom. The Morgan fingerprint density at radius 2 is 2.05 bits per heavy atom.